The van der Waals surface area contributed by atoms with Crippen molar-refractivity contribution in [3.63, 3.8) is 0 Å². The summed E-state index contributed by atoms with van der Waals surface area (Å²) in [5.74, 6) is 1.69. The van der Waals surface area contributed by atoms with Crippen LogP contribution < -0.4 is 0 Å². The number of rotatable bonds is 5. The molecule has 0 aliphatic heterocycles. The molecule has 0 spiro atoms. The number of terminal acetylenes is 1. The molecule has 1 N–H and O–H groups in total. The smallest absolute Gasteiger partial charge is 0.305 e. The minimum Gasteiger partial charge on any atom is -0.481 e. The van der Waals surface area contributed by atoms with E-state index in [4.69, 9.17) is 11.5 Å². The van der Waals surface area contributed by atoms with Crippen LogP contribution in [-0.4, -0.2) is 34.4 Å². The fourth-order valence-electron chi connectivity index (χ4n) is 2.13. The number of nitrogens with zero attached hydrogens (tertiary/aromatic N) is 2. The zero-order chi connectivity index (χ0) is 12.7. The summed E-state index contributed by atoms with van der Waals surface area (Å²) in [4.78, 5) is 10.6. The minimum atomic E-state index is -0.792. The predicted octanol–water partition coefficient (Wildman–Crippen LogP) is 2.10. The van der Waals surface area contributed by atoms with Crippen LogP contribution in [0.2, 0.25) is 0 Å². The second kappa shape index (κ2) is 6.95. The largest absolute Gasteiger partial charge is 0.481 e. The van der Waals surface area contributed by atoms with Gasteiger partial charge < -0.3 is 5.11 Å². The van der Waals surface area contributed by atoms with Crippen LogP contribution in [0, 0.1) is 12.3 Å². The Balaban J connectivity index is 2.63. The fourth-order valence-corrected chi connectivity index (χ4v) is 2.13. The van der Waals surface area contributed by atoms with Crippen molar-refractivity contribution in [3.8, 4) is 12.3 Å². The molecule has 94 valence electrons. The first-order valence-electron chi connectivity index (χ1n) is 6.13. The van der Waals surface area contributed by atoms with Crippen LogP contribution in [0.5, 0.6) is 0 Å². The summed E-state index contributed by atoms with van der Waals surface area (Å²) in [6.45, 7) is 2.22. The number of hydrogen-bond acceptors (Lipinski definition) is 3. The summed E-state index contributed by atoms with van der Waals surface area (Å²) in [6, 6.07) is 0.353. The van der Waals surface area contributed by atoms with Crippen molar-refractivity contribution in [1.29, 1.82) is 0 Å². The highest BCUT2D eigenvalue weighted by atomic mass is 16.4. The monoisotopic (exact) mass is 236 g/mol. The summed E-state index contributed by atoms with van der Waals surface area (Å²) in [7, 11) is 0. The summed E-state index contributed by atoms with van der Waals surface area (Å²) in [5, 5.41) is 15.0. The first kappa shape index (κ1) is 13.6. The molecule has 1 saturated carbocycles. The van der Waals surface area contributed by atoms with Crippen LogP contribution >= 0.6 is 0 Å². The quantitative estimate of drug-likeness (QED) is 0.452. The van der Waals surface area contributed by atoms with Gasteiger partial charge in [0.25, 0.3) is 0 Å². The number of aliphatic carboxylic acids is 1. The van der Waals surface area contributed by atoms with Crippen LogP contribution in [0.3, 0.4) is 0 Å². The van der Waals surface area contributed by atoms with E-state index in [9.17, 15) is 4.79 Å². The SMILES string of the molecule is C#C/C(C)=N\N(CCC(=O)O)C1CCCCC1. The van der Waals surface area contributed by atoms with Crippen molar-refractivity contribution in [1.82, 2.24) is 5.01 Å². The molecule has 0 radical (unpaired) electrons. The highest BCUT2D eigenvalue weighted by molar-refractivity contribution is 5.97. The zero-order valence-corrected chi connectivity index (χ0v) is 10.4. The third kappa shape index (κ3) is 4.90. The van der Waals surface area contributed by atoms with Gasteiger partial charge in [-0.15, -0.1) is 6.42 Å². The average Bonchev–Trinajstić information content (AvgIpc) is 2.35. The molecule has 0 atom stereocenters. The van der Waals surface area contributed by atoms with E-state index >= 15 is 0 Å². The molecule has 0 aromatic carbocycles. The van der Waals surface area contributed by atoms with E-state index < -0.39 is 5.97 Å². The second-order valence-corrected chi connectivity index (χ2v) is 4.43. The third-order valence-electron chi connectivity index (χ3n) is 3.04. The highest BCUT2D eigenvalue weighted by Crippen LogP contribution is 2.23. The Morgan fingerprint density at radius 3 is 2.65 bits per heavy atom. The average molecular weight is 236 g/mol. The van der Waals surface area contributed by atoms with Gasteiger partial charge in [0.15, 0.2) is 0 Å². The molecule has 0 bridgehead atoms. The van der Waals surface area contributed by atoms with Crippen molar-refractivity contribution < 1.29 is 9.90 Å². The lowest BCUT2D eigenvalue weighted by atomic mass is 9.95. The molecular formula is C13H20N2O2. The molecule has 0 aromatic heterocycles. The molecule has 1 aliphatic carbocycles. The van der Waals surface area contributed by atoms with Gasteiger partial charge in [0.1, 0.15) is 5.71 Å². The number of carboxylic acids is 1. The van der Waals surface area contributed by atoms with Crippen LogP contribution in [0.15, 0.2) is 5.10 Å². The van der Waals surface area contributed by atoms with Gasteiger partial charge in [-0.25, -0.2) is 0 Å². The standard InChI is InChI=1S/C13H20N2O2/c1-3-11(2)14-15(10-9-13(16)17)12-7-5-4-6-8-12/h1,12H,4-10H2,2H3,(H,16,17)/b14-11-. The number of carboxylic acid groups (broad SMARTS) is 1. The van der Waals surface area contributed by atoms with E-state index in [1.165, 1.54) is 19.3 Å². The number of hydrogen-bond donors (Lipinski definition) is 1. The Hall–Kier alpha value is -1.50. The summed E-state index contributed by atoms with van der Waals surface area (Å²) >= 11 is 0. The van der Waals surface area contributed by atoms with E-state index in [1.54, 1.807) is 6.92 Å². The van der Waals surface area contributed by atoms with E-state index in [0.717, 1.165) is 12.8 Å². The van der Waals surface area contributed by atoms with Crippen molar-refractivity contribution >= 4 is 11.7 Å². The highest BCUT2D eigenvalue weighted by Gasteiger charge is 2.20. The molecule has 17 heavy (non-hydrogen) atoms. The van der Waals surface area contributed by atoms with Gasteiger partial charge in [0.05, 0.1) is 6.42 Å². The second-order valence-electron chi connectivity index (χ2n) is 4.43. The Labute approximate surface area is 103 Å². The molecule has 4 nitrogen and oxygen atoms in total. The summed E-state index contributed by atoms with van der Waals surface area (Å²) in [5.41, 5.74) is 0.612. The first-order valence-corrected chi connectivity index (χ1v) is 6.13. The summed E-state index contributed by atoms with van der Waals surface area (Å²) < 4.78 is 0. The molecule has 0 amide bonds. The topological polar surface area (TPSA) is 52.9 Å². The third-order valence-corrected chi connectivity index (χ3v) is 3.04. The van der Waals surface area contributed by atoms with Crippen molar-refractivity contribution in [2.45, 2.75) is 51.5 Å². The van der Waals surface area contributed by atoms with Gasteiger partial charge in [0.2, 0.25) is 0 Å². The van der Waals surface area contributed by atoms with Gasteiger partial charge >= 0.3 is 5.97 Å². The fraction of sp³-hybridized carbons (Fsp3) is 0.692. The Bertz CT molecular complexity index is 325. The van der Waals surface area contributed by atoms with Crippen LogP contribution in [0.1, 0.15) is 45.4 Å². The molecule has 1 aliphatic rings. The maximum atomic E-state index is 10.6. The van der Waals surface area contributed by atoms with Gasteiger partial charge in [0, 0.05) is 12.6 Å². The lowest BCUT2D eigenvalue weighted by molar-refractivity contribution is -0.137. The predicted molar refractivity (Wildman–Crippen MR) is 67.8 cm³/mol. The minimum absolute atomic E-state index is 0.109. The number of carbonyl (C=O) groups is 1. The van der Waals surface area contributed by atoms with Crippen molar-refractivity contribution in [2.75, 3.05) is 6.54 Å². The number of hydrazone groups is 1. The molecule has 0 saturated heterocycles. The van der Waals surface area contributed by atoms with Gasteiger partial charge in [-0.05, 0) is 19.8 Å². The van der Waals surface area contributed by atoms with Crippen LogP contribution in [0.4, 0.5) is 0 Å². The van der Waals surface area contributed by atoms with Gasteiger partial charge in [-0.3, -0.25) is 9.80 Å². The maximum Gasteiger partial charge on any atom is 0.305 e. The van der Waals surface area contributed by atoms with Crippen LogP contribution in [-0.2, 0) is 4.79 Å². The molecular weight excluding hydrogens is 216 g/mol. The Kier molecular flexibility index (Phi) is 5.55. The zero-order valence-electron chi connectivity index (χ0n) is 10.4. The lowest BCUT2D eigenvalue weighted by Gasteiger charge is -2.32. The molecule has 4 heteroatoms. The lowest BCUT2D eigenvalue weighted by Crippen LogP contribution is -2.35. The molecule has 0 aromatic rings. The Morgan fingerprint density at radius 1 is 1.47 bits per heavy atom. The molecule has 1 rings (SSSR count). The molecule has 1 fully saturated rings. The van der Waals surface area contributed by atoms with Gasteiger partial charge in [-0.1, -0.05) is 25.2 Å². The molecule has 0 unspecified atom stereocenters. The van der Waals surface area contributed by atoms with E-state index in [0.29, 0.717) is 18.3 Å². The Morgan fingerprint density at radius 2 is 2.12 bits per heavy atom. The molecule has 0 heterocycles. The van der Waals surface area contributed by atoms with E-state index in [1.807, 2.05) is 5.01 Å². The van der Waals surface area contributed by atoms with E-state index in [-0.39, 0.29) is 6.42 Å². The van der Waals surface area contributed by atoms with Gasteiger partial charge in [-0.2, -0.15) is 5.10 Å². The normalized spacial score (nSPS) is 17.5. The maximum absolute atomic E-state index is 10.6. The first-order chi connectivity index (χ1) is 8.13. The van der Waals surface area contributed by atoms with Crippen molar-refractivity contribution in [2.24, 2.45) is 5.10 Å². The van der Waals surface area contributed by atoms with E-state index in [2.05, 4.69) is 11.0 Å². The summed E-state index contributed by atoms with van der Waals surface area (Å²) in [6.07, 6.45) is 11.2. The van der Waals surface area contributed by atoms with Crippen LogP contribution in [0.25, 0.3) is 0 Å². The van der Waals surface area contributed by atoms with Crippen molar-refractivity contribution in [3.05, 3.63) is 0 Å².